The highest BCUT2D eigenvalue weighted by Crippen LogP contribution is 2.28. The summed E-state index contributed by atoms with van der Waals surface area (Å²) in [5, 5.41) is 0. The topological polar surface area (TPSA) is 18.5 Å². The molecule has 0 atom stereocenters. The molecule has 0 saturated carbocycles. The first-order valence-corrected chi connectivity index (χ1v) is 6.62. The standard InChI is InChI=1S/C12H19O2Si/c1-12(2,10-15(13-3)14-4)11-8-6-5-7-9-11/h5-9H,10H2,1-4H3. The van der Waals surface area contributed by atoms with E-state index in [4.69, 9.17) is 8.85 Å². The Morgan fingerprint density at radius 1 is 1.07 bits per heavy atom. The van der Waals surface area contributed by atoms with Crippen molar-refractivity contribution in [2.45, 2.75) is 25.3 Å². The van der Waals surface area contributed by atoms with Crippen molar-refractivity contribution in [3.8, 4) is 0 Å². The summed E-state index contributed by atoms with van der Waals surface area (Å²) in [4.78, 5) is 0. The number of hydrogen-bond acceptors (Lipinski definition) is 2. The van der Waals surface area contributed by atoms with E-state index in [0.29, 0.717) is 0 Å². The fraction of sp³-hybridized carbons (Fsp3) is 0.500. The van der Waals surface area contributed by atoms with Crippen LogP contribution in [0.2, 0.25) is 6.04 Å². The Kier molecular flexibility index (Phi) is 4.51. The van der Waals surface area contributed by atoms with Crippen LogP contribution in [0.25, 0.3) is 0 Å². The first kappa shape index (κ1) is 12.4. The van der Waals surface area contributed by atoms with Gasteiger partial charge in [-0.1, -0.05) is 44.2 Å². The van der Waals surface area contributed by atoms with Gasteiger partial charge in [-0.2, -0.15) is 0 Å². The molecule has 0 aromatic heterocycles. The summed E-state index contributed by atoms with van der Waals surface area (Å²) in [5.41, 5.74) is 1.45. The van der Waals surface area contributed by atoms with Gasteiger partial charge in [0.2, 0.25) is 0 Å². The normalized spacial score (nSPS) is 12.1. The van der Waals surface area contributed by atoms with Crippen LogP contribution in [0.3, 0.4) is 0 Å². The Balaban J connectivity index is 2.74. The second-order valence-electron chi connectivity index (χ2n) is 4.21. The van der Waals surface area contributed by atoms with Gasteiger partial charge in [0.05, 0.1) is 0 Å². The summed E-state index contributed by atoms with van der Waals surface area (Å²) in [6, 6.07) is 11.5. The lowest BCUT2D eigenvalue weighted by molar-refractivity contribution is 0.268. The molecule has 0 amide bonds. The van der Waals surface area contributed by atoms with Gasteiger partial charge in [0, 0.05) is 20.3 Å². The van der Waals surface area contributed by atoms with Gasteiger partial charge in [-0.3, -0.25) is 0 Å². The van der Waals surface area contributed by atoms with Crippen molar-refractivity contribution in [3.63, 3.8) is 0 Å². The molecule has 2 nitrogen and oxygen atoms in total. The molecule has 3 heteroatoms. The fourth-order valence-electron chi connectivity index (χ4n) is 1.58. The van der Waals surface area contributed by atoms with Crippen molar-refractivity contribution in [1.82, 2.24) is 0 Å². The number of hydrogen-bond donors (Lipinski definition) is 0. The van der Waals surface area contributed by atoms with Crippen LogP contribution in [0.4, 0.5) is 0 Å². The molecule has 1 rings (SSSR count). The van der Waals surface area contributed by atoms with E-state index in [1.807, 2.05) is 6.07 Å². The predicted octanol–water partition coefficient (Wildman–Crippen LogP) is 2.75. The smallest absolute Gasteiger partial charge is 0.384 e. The van der Waals surface area contributed by atoms with E-state index in [0.717, 1.165) is 6.04 Å². The minimum absolute atomic E-state index is 0.113. The lowest BCUT2D eigenvalue weighted by atomic mass is 9.87. The van der Waals surface area contributed by atoms with Crippen LogP contribution in [0.1, 0.15) is 19.4 Å². The van der Waals surface area contributed by atoms with Crippen LogP contribution in [0.5, 0.6) is 0 Å². The van der Waals surface area contributed by atoms with Gasteiger partial charge >= 0.3 is 9.28 Å². The molecule has 1 aromatic rings. The Morgan fingerprint density at radius 3 is 2.07 bits per heavy atom. The van der Waals surface area contributed by atoms with Crippen molar-refractivity contribution in [2.24, 2.45) is 0 Å². The van der Waals surface area contributed by atoms with E-state index in [2.05, 4.69) is 38.1 Å². The molecule has 1 radical (unpaired) electrons. The molecule has 15 heavy (non-hydrogen) atoms. The van der Waals surface area contributed by atoms with E-state index in [-0.39, 0.29) is 5.41 Å². The molecule has 83 valence electrons. The van der Waals surface area contributed by atoms with Crippen LogP contribution in [-0.4, -0.2) is 23.5 Å². The highest BCUT2D eigenvalue weighted by molar-refractivity contribution is 6.44. The quantitative estimate of drug-likeness (QED) is 0.715. The zero-order chi connectivity index (χ0) is 11.3. The first-order valence-electron chi connectivity index (χ1n) is 5.09. The Morgan fingerprint density at radius 2 is 1.60 bits per heavy atom. The maximum atomic E-state index is 5.34. The third-order valence-electron chi connectivity index (χ3n) is 2.60. The van der Waals surface area contributed by atoms with E-state index in [1.54, 1.807) is 14.2 Å². The molecular weight excluding hydrogens is 204 g/mol. The largest absolute Gasteiger partial charge is 0.397 e. The molecule has 0 spiro atoms. The zero-order valence-corrected chi connectivity index (χ0v) is 10.9. The lowest BCUT2D eigenvalue weighted by Gasteiger charge is -2.27. The van der Waals surface area contributed by atoms with Crippen LogP contribution in [-0.2, 0) is 14.3 Å². The zero-order valence-electron chi connectivity index (χ0n) is 9.91. The predicted molar refractivity (Wildman–Crippen MR) is 64.0 cm³/mol. The third-order valence-corrected chi connectivity index (χ3v) is 4.68. The van der Waals surface area contributed by atoms with Crippen molar-refractivity contribution < 1.29 is 8.85 Å². The first-order chi connectivity index (χ1) is 7.10. The molecule has 0 saturated heterocycles. The van der Waals surface area contributed by atoms with Crippen molar-refractivity contribution in [1.29, 1.82) is 0 Å². The van der Waals surface area contributed by atoms with Gasteiger partial charge in [-0.25, -0.2) is 0 Å². The minimum atomic E-state index is -1.13. The lowest BCUT2D eigenvalue weighted by Crippen LogP contribution is -2.29. The Bertz CT molecular complexity index is 281. The van der Waals surface area contributed by atoms with Crippen molar-refractivity contribution in [3.05, 3.63) is 35.9 Å². The summed E-state index contributed by atoms with van der Waals surface area (Å²) < 4.78 is 10.7. The highest BCUT2D eigenvalue weighted by atomic mass is 28.3. The molecular formula is C12H19O2Si. The molecule has 0 aliphatic heterocycles. The molecule has 0 fully saturated rings. The summed E-state index contributed by atoms with van der Waals surface area (Å²) in [7, 11) is 2.31. The molecule has 0 N–H and O–H groups in total. The molecule has 0 bridgehead atoms. The monoisotopic (exact) mass is 223 g/mol. The van der Waals surface area contributed by atoms with E-state index < -0.39 is 9.28 Å². The van der Waals surface area contributed by atoms with Gasteiger partial charge in [0.1, 0.15) is 0 Å². The van der Waals surface area contributed by atoms with Crippen LogP contribution in [0, 0.1) is 0 Å². The van der Waals surface area contributed by atoms with Crippen molar-refractivity contribution >= 4 is 9.28 Å². The Hall–Kier alpha value is -0.643. The summed E-state index contributed by atoms with van der Waals surface area (Å²) >= 11 is 0. The minimum Gasteiger partial charge on any atom is -0.397 e. The van der Waals surface area contributed by atoms with Crippen molar-refractivity contribution in [2.75, 3.05) is 14.2 Å². The average molecular weight is 223 g/mol. The fourth-order valence-corrected chi connectivity index (χ4v) is 2.96. The SMILES string of the molecule is CO[Si](CC(C)(C)c1ccccc1)OC. The third kappa shape index (κ3) is 3.45. The molecule has 0 aliphatic rings. The summed E-state index contributed by atoms with van der Waals surface area (Å²) in [5.74, 6) is 0. The molecule has 0 aliphatic carbocycles. The Labute approximate surface area is 94.1 Å². The second kappa shape index (κ2) is 5.44. The van der Waals surface area contributed by atoms with Crippen LogP contribution < -0.4 is 0 Å². The second-order valence-corrected chi connectivity index (χ2v) is 6.12. The number of rotatable bonds is 5. The van der Waals surface area contributed by atoms with Gasteiger partial charge in [0.15, 0.2) is 0 Å². The molecule has 0 heterocycles. The molecule has 1 aromatic carbocycles. The molecule has 0 unspecified atom stereocenters. The maximum absolute atomic E-state index is 5.34. The van der Waals surface area contributed by atoms with E-state index in [9.17, 15) is 0 Å². The van der Waals surface area contributed by atoms with Gasteiger partial charge in [-0.15, -0.1) is 0 Å². The van der Waals surface area contributed by atoms with Gasteiger partial charge in [-0.05, 0) is 11.0 Å². The van der Waals surface area contributed by atoms with Crippen LogP contribution >= 0.6 is 0 Å². The average Bonchev–Trinajstić information content (AvgIpc) is 2.27. The number of benzene rings is 1. The summed E-state index contributed by atoms with van der Waals surface area (Å²) in [6.45, 7) is 4.45. The summed E-state index contributed by atoms with van der Waals surface area (Å²) in [6.07, 6.45) is 0. The van der Waals surface area contributed by atoms with E-state index >= 15 is 0 Å². The van der Waals surface area contributed by atoms with Gasteiger partial charge in [0.25, 0.3) is 0 Å². The maximum Gasteiger partial charge on any atom is 0.384 e. The van der Waals surface area contributed by atoms with E-state index in [1.165, 1.54) is 5.56 Å². The van der Waals surface area contributed by atoms with Gasteiger partial charge < -0.3 is 8.85 Å². The van der Waals surface area contributed by atoms with Crippen LogP contribution in [0.15, 0.2) is 30.3 Å². The highest BCUT2D eigenvalue weighted by Gasteiger charge is 2.28.